The molecule has 1 aliphatic heterocycles. The lowest BCUT2D eigenvalue weighted by Gasteiger charge is -2.36. The number of aliphatic hydroxyl groups excluding tert-OH is 1. The summed E-state index contributed by atoms with van der Waals surface area (Å²) in [5.41, 5.74) is 7.11. The number of hydrogen-bond acceptors (Lipinski definition) is 9. The summed E-state index contributed by atoms with van der Waals surface area (Å²) < 4.78 is 24.5. The van der Waals surface area contributed by atoms with E-state index in [9.17, 15) is 14.7 Å². The number of methoxy groups -OCH3 is 1. The molecule has 286 valence electrons. The predicted octanol–water partition coefficient (Wildman–Crippen LogP) is 8.42. The van der Waals surface area contributed by atoms with Crippen LogP contribution in [0.1, 0.15) is 46.6 Å². The van der Waals surface area contributed by atoms with Gasteiger partial charge in [0.2, 0.25) is 0 Å². The van der Waals surface area contributed by atoms with Crippen molar-refractivity contribution in [1.82, 2.24) is 15.6 Å². The average molecular weight is 770 g/mol. The van der Waals surface area contributed by atoms with E-state index in [-0.39, 0.29) is 25.4 Å². The molecule has 7 rings (SSSR count). The fraction of sp³-hybridized carbons (Fsp3) is 0.222. The maximum absolute atomic E-state index is 12.8. The highest BCUT2D eigenvalue weighted by molar-refractivity contribution is 7.99. The zero-order valence-corrected chi connectivity index (χ0v) is 31.7. The third-order valence-electron chi connectivity index (χ3n) is 9.48. The molecular weight excluding hydrogens is 727 g/mol. The van der Waals surface area contributed by atoms with Gasteiger partial charge in [-0.2, -0.15) is 0 Å². The van der Waals surface area contributed by atoms with E-state index in [4.69, 9.17) is 23.6 Å². The van der Waals surface area contributed by atoms with E-state index in [0.29, 0.717) is 23.8 Å². The average Bonchev–Trinajstić information content (AvgIpc) is 3.70. The van der Waals surface area contributed by atoms with Crippen LogP contribution in [0.2, 0.25) is 0 Å². The van der Waals surface area contributed by atoms with Gasteiger partial charge in [0.05, 0.1) is 25.9 Å². The summed E-state index contributed by atoms with van der Waals surface area (Å²) in [4.78, 5) is 30.2. The smallest absolute Gasteiger partial charge is 0.328 e. The van der Waals surface area contributed by atoms with Crippen LogP contribution in [-0.2, 0) is 38.6 Å². The summed E-state index contributed by atoms with van der Waals surface area (Å²) in [5.74, 6) is 0.770. The molecule has 1 aliphatic rings. The second-order valence-corrected chi connectivity index (χ2v) is 14.4. The molecule has 0 radical (unpaired) electrons. The van der Waals surface area contributed by atoms with Crippen LogP contribution in [0.4, 0.5) is 4.79 Å². The van der Waals surface area contributed by atoms with E-state index >= 15 is 0 Å². The standard InChI is InChI=1S/C45H43N3O7S/c1-52-42(50)38(25-30-11-5-2-6-12-30)47-44(51)46-27-31-17-23-36(24-18-31)43-53-37(26-39(54-43)33-21-19-32(28-49)20-22-33)29-56-45-48-40(34-13-7-3-8-14-34)41(55-45)35-15-9-4-10-16-35/h2-24,37-39,43,49H,25-29H2,1H3,(H2,46,47,51). The van der Waals surface area contributed by atoms with Gasteiger partial charge in [-0.05, 0) is 22.3 Å². The summed E-state index contributed by atoms with van der Waals surface area (Å²) in [5, 5.41) is 15.7. The Balaban J connectivity index is 1.03. The SMILES string of the molecule is COC(=O)C(Cc1ccccc1)NC(=O)NCc1ccc(C2OC(CSc3nc(-c4ccccc4)c(-c4ccccc4)o3)CC(c3ccc(CO)cc3)O2)cc1. The van der Waals surface area contributed by atoms with Crippen LogP contribution in [0.5, 0.6) is 0 Å². The highest BCUT2D eigenvalue weighted by Gasteiger charge is 2.33. The molecular formula is C45H43N3O7S. The Labute approximate surface area is 330 Å². The number of aliphatic hydroxyl groups is 1. The van der Waals surface area contributed by atoms with Gasteiger partial charge in [-0.25, -0.2) is 14.6 Å². The van der Waals surface area contributed by atoms with Crippen molar-refractivity contribution in [1.29, 1.82) is 0 Å². The molecule has 56 heavy (non-hydrogen) atoms. The first-order chi connectivity index (χ1) is 27.4. The lowest BCUT2D eigenvalue weighted by atomic mass is 10.0. The molecule has 11 heteroatoms. The number of hydrogen-bond donors (Lipinski definition) is 3. The van der Waals surface area contributed by atoms with Gasteiger partial charge in [0, 0.05) is 41.8 Å². The van der Waals surface area contributed by atoms with Crippen molar-refractivity contribution in [3.05, 3.63) is 167 Å². The molecule has 1 saturated heterocycles. The van der Waals surface area contributed by atoms with Crippen LogP contribution >= 0.6 is 11.8 Å². The third-order valence-corrected chi connectivity index (χ3v) is 10.4. The van der Waals surface area contributed by atoms with Gasteiger partial charge in [0.15, 0.2) is 12.1 Å². The lowest BCUT2D eigenvalue weighted by Crippen LogP contribution is -2.47. The molecule has 6 aromatic rings. The first-order valence-corrected chi connectivity index (χ1v) is 19.4. The minimum atomic E-state index is -0.829. The highest BCUT2D eigenvalue weighted by Crippen LogP contribution is 2.41. The van der Waals surface area contributed by atoms with E-state index in [1.165, 1.54) is 18.9 Å². The Hall–Kier alpha value is -5.72. The van der Waals surface area contributed by atoms with Crippen LogP contribution in [0.15, 0.2) is 149 Å². The van der Waals surface area contributed by atoms with Gasteiger partial charge in [0.1, 0.15) is 11.7 Å². The van der Waals surface area contributed by atoms with Crippen molar-refractivity contribution in [2.45, 2.75) is 55.8 Å². The highest BCUT2D eigenvalue weighted by atomic mass is 32.2. The molecule has 1 aromatic heterocycles. The number of ether oxygens (including phenoxy) is 3. The van der Waals surface area contributed by atoms with Crippen LogP contribution in [0, 0.1) is 0 Å². The van der Waals surface area contributed by atoms with Crippen molar-refractivity contribution in [3.63, 3.8) is 0 Å². The van der Waals surface area contributed by atoms with Gasteiger partial charge >= 0.3 is 12.0 Å². The van der Waals surface area contributed by atoms with E-state index in [0.717, 1.165) is 50.4 Å². The van der Waals surface area contributed by atoms with E-state index in [2.05, 4.69) is 10.6 Å². The summed E-state index contributed by atoms with van der Waals surface area (Å²) in [7, 11) is 1.30. The zero-order valence-electron chi connectivity index (χ0n) is 30.9. The second kappa shape index (κ2) is 18.7. The van der Waals surface area contributed by atoms with Crippen molar-refractivity contribution < 1.29 is 33.3 Å². The number of carbonyl (C=O) groups excluding carboxylic acids is 2. The summed E-state index contributed by atoms with van der Waals surface area (Å²) in [6.07, 6.45) is -0.222. The van der Waals surface area contributed by atoms with Gasteiger partial charge < -0.3 is 34.4 Å². The van der Waals surface area contributed by atoms with Gasteiger partial charge in [0.25, 0.3) is 5.22 Å². The lowest BCUT2D eigenvalue weighted by molar-refractivity contribution is -0.245. The minimum Gasteiger partial charge on any atom is -0.467 e. The molecule has 0 spiro atoms. The number of rotatable bonds is 14. The van der Waals surface area contributed by atoms with Crippen LogP contribution < -0.4 is 10.6 Å². The molecule has 0 bridgehead atoms. The Kier molecular flexibility index (Phi) is 12.9. The second-order valence-electron chi connectivity index (χ2n) is 13.4. The third kappa shape index (κ3) is 9.92. The fourth-order valence-corrected chi connectivity index (χ4v) is 7.34. The largest absolute Gasteiger partial charge is 0.467 e. The topological polar surface area (TPSA) is 132 Å². The van der Waals surface area contributed by atoms with Crippen molar-refractivity contribution in [2.75, 3.05) is 12.9 Å². The minimum absolute atomic E-state index is 0.0364. The molecule has 2 amide bonds. The Morgan fingerprint density at radius 3 is 2.07 bits per heavy atom. The normalized spacial score (nSPS) is 17.1. The molecule has 1 fully saturated rings. The molecule has 3 N–H and O–H groups in total. The molecule has 4 atom stereocenters. The van der Waals surface area contributed by atoms with E-state index < -0.39 is 24.3 Å². The number of carbonyl (C=O) groups is 2. The van der Waals surface area contributed by atoms with Crippen LogP contribution in [0.3, 0.4) is 0 Å². The number of nitrogens with zero attached hydrogens (tertiary/aromatic N) is 1. The number of oxazole rings is 1. The van der Waals surface area contributed by atoms with Crippen molar-refractivity contribution in [2.24, 2.45) is 0 Å². The number of benzene rings is 5. The molecule has 0 saturated carbocycles. The first-order valence-electron chi connectivity index (χ1n) is 18.5. The number of amides is 2. The van der Waals surface area contributed by atoms with Gasteiger partial charge in [-0.3, -0.25) is 0 Å². The quantitative estimate of drug-likeness (QED) is 0.0738. The molecule has 2 heterocycles. The summed E-state index contributed by atoms with van der Waals surface area (Å²) in [6, 6.07) is 43.6. The van der Waals surface area contributed by atoms with Crippen molar-refractivity contribution in [3.8, 4) is 22.6 Å². The fourth-order valence-electron chi connectivity index (χ4n) is 6.50. The number of urea groups is 1. The number of aromatic nitrogens is 1. The van der Waals surface area contributed by atoms with Crippen LogP contribution in [0.25, 0.3) is 22.6 Å². The summed E-state index contributed by atoms with van der Waals surface area (Å²) >= 11 is 1.50. The van der Waals surface area contributed by atoms with Crippen LogP contribution in [-0.4, -0.2) is 47.1 Å². The Bertz CT molecular complexity index is 2110. The number of nitrogens with one attached hydrogen (secondary N) is 2. The zero-order chi connectivity index (χ0) is 38.7. The molecule has 5 aromatic carbocycles. The Morgan fingerprint density at radius 1 is 0.786 bits per heavy atom. The van der Waals surface area contributed by atoms with E-state index in [1.807, 2.05) is 140 Å². The predicted molar refractivity (Wildman–Crippen MR) is 214 cm³/mol. The molecule has 4 unspecified atom stereocenters. The molecule has 10 nitrogen and oxygen atoms in total. The van der Waals surface area contributed by atoms with E-state index in [1.54, 1.807) is 0 Å². The number of esters is 1. The summed E-state index contributed by atoms with van der Waals surface area (Å²) in [6.45, 7) is 0.203. The van der Waals surface area contributed by atoms with Crippen molar-refractivity contribution >= 4 is 23.8 Å². The van der Waals surface area contributed by atoms with Gasteiger partial charge in [-0.15, -0.1) is 0 Å². The maximum Gasteiger partial charge on any atom is 0.328 e. The maximum atomic E-state index is 12.8. The first kappa shape index (κ1) is 38.6. The Morgan fingerprint density at radius 2 is 1.41 bits per heavy atom. The molecule has 0 aliphatic carbocycles. The number of thioether (sulfide) groups is 1. The van der Waals surface area contributed by atoms with Gasteiger partial charge in [-0.1, -0.05) is 151 Å². The monoisotopic (exact) mass is 769 g/mol.